The summed E-state index contributed by atoms with van der Waals surface area (Å²) in [4.78, 5) is 26.6. The molecule has 0 aliphatic carbocycles. The van der Waals surface area contributed by atoms with Gasteiger partial charge in [0.2, 0.25) is 5.91 Å². The molecule has 1 amide bonds. The highest BCUT2D eigenvalue weighted by Crippen LogP contribution is 2.34. The van der Waals surface area contributed by atoms with Gasteiger partial charge in [-0.05, 0) is 31.0 Å². The molecule has 1 saturated heterocycles. The van der Waals surface area contributed by atoms with E-state index >= 15 is 0 Å². The molecule has 1 aliphatic rings. The molecule has 1 fully saturated rings. The maximum absolute atomic E-state index is 12.8. The lowest BCUT2D eigenvalue weighted by Crippen LogP contribution is -2.38. The van der Waals surface area contributed by atoms with Gasteiger partial charge in [-0.3, -0.25) is 9.36 Å². The highest BCUT2D eigenvalue weighted by Gasteiger charge is 2.33. The lowest BCUT2D eigenvalue weighted by molar-refractivity contribution is -0.137. The van der Waals surface area contributed by atoms with Gasteiger partial charge in [-0.25, -0.2) is 15.0 Å². The molecular weight excluding hydrogens is 433 g/mol. The van der Waals surface area contributed by atoms with Crippen molar-refractivity contribution in [1.82, 2.24) is 19.5 Å². The summed E-state index contributed by atoms with van der Waals surface area (Å²) >= 11 is 6.03. The lowest BCUT2D eigenvalue weighted by Gasteiger charge is -2.32. The molecule has 0 spiro atoms. The van der Waals surface area contributed by atoms with Crippen LogP contribution in [0.5, 0.6) is 0 Å². The van der Waals surface area contributed by atoms with Crippen LogP contribution in [0.2, 0.25) is 5.02 Å². The van der Waals surface area contributed by atoms with Crippen molar-refractivity contribution in [2.75, 3.05) is 23.3 Å². The van der Waals surface area contributed by atoms with Crippen LogP contribution >= 0.6 is 11.6 Å². The SMILES string of the molecule is O=C(Nc1ccc(-n2ccnc2)nc1)C1CCN(c2ncc(C(F)(F)F)cc2Cl)CC1. The predicted octanol–water partition coefficient (Wildman–Crippen LogP) is 4.19. The fourth-order valence-electron chi connectivity index (χ4n) is 3.42. The number of amides is 1. The van der Waals surface area contributed by atoms with Crippen molar-refractivity contribution >= 4 is 29.0 Å². The Morgan fingerprint density at radius 1 is 1.16 bits per heavy atom. The minimum absolute atomic E-state index is 0.0539. The number of alkyl halides is 3. The Balaban J connectivity index is 1.34. The highest BCUT2D eigenvalue weighted by atomic mass is 35.5. The Kier molecular flexibility index (Phi) is 5.81. The van der Waals surface area contributed by atoms with Crippen LogP contribution in [0.1, 0.15) is 18.4 Å². The van der Waals surface area contributed by atoms with Gasteiger partial charge in [0.1, 0.15) is 18.0 Å². The van der Waals surface area contributed by atoms with Crippen molar-refractivity contribution in [3.63, 3.8) is 0 Å². The fraction of sp³-hybridized carbons (Fsp3) is 0.300. The first-order valence-electron chi connectivity index (χ1n) is 9.54. The molecule has 162 valence electrons. The zero-order valence-electron chi connectivity index (χ0n) is 16.2. The molecule has 3 aromatic rings. The van der Waals surface area contributed by atoms with Crippen LogP contribution in [0.25, 0.3) is 5.82 Å². The van der Waals surface area contributed by atoms with Gasteiger partial charge in [0.05, 0.1) is 22.5 Å². The summed E-state index contributed by atoms with van der Waals surface area (Å²) in [5.41, 5.74) is -0.299. The third kappa shape index (κ3) is 4.79. The van der Waals surface area contributed by atoms with Gasteiger partial charge in [-0.2, -0.15) is 13.2 Å². The van der Waals surface area contributed by atoms with Crippen molar-refractivity contribution in [3.8, 4) is 5.82 Å². The zero-order chi connectivity index (χ0) is 22.0. The minimum atomic E-state index is -4.49. The summed E-state index contributed by atoms with van der Waals surface area (Å²) in [6.07, 6.45) is 3.98. The average molecular weight is 451 g/mol. The van der Waals surface area contributed by atoms with Gasteiger partial charge in [-0.1, -0.05) is 11.6 Å². The lowest BCUT2D eigenvalue weighted by atomic mass is 9.96. The third-order valence-corrected chi connectivity index (χ3v) is 5.38. The molecule has 0 radical (unpaired) electrons. The van der Waals surface area contributed by atoms with E-state index in [-0.39, 0.29) is 16.8 Å². The van der Waals surface area contributed by atoms with Gasteiger partial charge in [-0.15, -0.1) is 0 Å². The smallest absolute Gasteiger partial charge is 0.355 e. The summed E-state index contributed by atoms with van der Waals surface area (Å²) < 4.78 is 40.1. The number of pyridine rings is 2. The fourth-order valence-corrected chi connectivity index (χ4v) is 3.71. The van der Waals surface area contributed by atoms with Gasteiger partial charge < -0.3 is 10.2 Å². The first-order chi connectivity index (χ1) is 14.8. The number of rotatable bonds is 4. The first-order valence-corrected chi connectivity index (χ1v) is 9.92. The van der Waals surface area contributed by atoms with Crippen LogP contribution in [0.4, 0.5) is 24.7 Å². The number of hydrogen-bond donors (Lipinski definition) is 1. The molecule has 4 rings (SSSR count). The maximum Gasteiger partial charge on any atom is 0.417 e. The van der Waals surface area contributed by atoms with E-state index in [0.717, 1.165) is 12.3 Å². The topological polar surface area (TPSA) is 75.9 Å². The Labute approximate surface area is 180 Å². The van der Waals surface area contributed by atoms with E-state index in [1.54, 1.807) is 46.5 Å². The van der Waals surface area contributed by atoms with Crippen LogP contribution in [-0.4, -0.2) is 38.5 Å². The molecule has 4 heterocycles. The normalized spacial score (nSPS) is 15.2. The summed E-state index contributed by atoms with van der Waals surface area (Å²) in [6.45, 7) is 0.933. The Hall–Kier alpha value is -3.14. The van der Waals surface area contributed by atoms with E-state index in [2.05, 4.69) is 20.3 Å². The summed E-state index contributed by atoms with van der Waals surface area (Å²) in [7, 11) is 0. The van der Waals surface area contributed by atoms with Crippen LogP contribution in [0.15, 0.2) is 49.3 Å². The molecule has 3 aromatic heterocycles. The Morgan fingerprint density at radius 3 is 2.52 bits per heavy atom. The van der Waals surface area contributed by atoms with Gasteiger partial charge in [0.15, 0.2) is 0 Å². The average Bonchev–Trinajstić information content (AvgIpc) is 3.29. The molecule has 31 heavy (non-hydrogen) atoms. The molecule has 0 saturated carbocycles. The van der Waals surface area contributed by atoms with Crippen LogP contribution in [-0.2, 0) is 11.0 Å². The van der Waals surface area contributed by atoms with Crippen molar-refractivity contribution in [2.45, 2.75) is 19.0 Å². The second kappa shape index (κ2) is 8.54. The molecule has 0 unspecified atom stereocenters. The number of carbonyl (C=O) groups is 1. The largest absolute Gasteiger partial charge is 0.417 e. The Bertz CT molecular complexity index is 1050. The second-order valence-electron chi connectivity index (χ2n) is 7.15. The van der Waals surface area contributed by atoms with Gasteiger partial charge in [0.25, 0.3) is 0 Å². The molecule has 11 heteroatoms. The number of piperidine rings is 1. The molecule has 0 atom stereocenters. The van der Waals surface area contributed by atoms with Crippen LogP contribution < -0.4 is 10.2 Å². The monoisotopic (exact) mass is 450 g/mol. The van der Waals surface area contributed by atoms with E-state index in [9.17, 15) is 18.0 Å². The van der Waals surface area contributed by atoms with Crippen molar-refractivity contribution in [1.29, 1.82) is 0 Å². The number of nitrogens with one attached hydrogen (secondary N) is 1. The first kappa shape index (κ1) is 21.1. The minimum Gasteiger partial charge on any atom is -0.355 e. The number of aromatic nitrogens is 4. The number of anilines is 2. The zero-order valence-corrected chi connectivity index (χ0v) is 16.9. The number of nitrogens with zero attached hydrogens (tertiary/aromatic N) is 5. The summed E-state index contributed by atoms with van der Waals surface area (Å²) in [6, 6.07) is 4.42. The second-order valence-corrected chi connectivity index (χ2v) is 7.56. The van der Waals surface area contributed by atoms with E-state index in [1.165, 1.54) is 0 Å². The number of hydrogen-bond acceptors (Lipinski definition) is 5. The molecule has 1 N–H and O–H groups in total. The number of imidazole rings is 1. The standard InChI is InChI=1S/C20H18ClF3N6O/c21-16-9-14(20(22,23)24)10-27-18(16)29-6-3-13(4-7-29)19(31)28-15-1-2-17(26-11-15)30-8-5-25-12-30/h1-2,5,8-13H,3-4,6-7H2,(H,28,31). The molecular formula is C20H18ClF3N6O. The molecule has 0 aromatic carbocycles. The molecule has 0 bridgehead atoms. The van der Waals surface area contributed by atoms with Crippen molar-refractivity contribution in [3.05, 3.63) is 59.9 Å². The number of halogens is 4. The van der Waals surface area contributed by atoms with E-state index < -0.39 is 11.7 Å². The van der Waals surface area contributed by atoms with Gasteiger partial charge in [0, 0.05) is 37.6 Å². The Morgan fingerprint density at radius 2 is 1.94 bits per heavy atom. The quantitative estimate of drug-likeness (QED) is 0.645. The van der Waals surface area contributed by atoms with Crippen molar-refractivity contribution in [2.24, 2.45) is 5.92 Å². The van der Waals surface area contributed by atoms with E-state index in [4.69, 9.17) is 11.6 Å². The number of carbonyl (C=O) groups excluding carboxylic acids is 1. The van der Waals surface area contributed by atoms with Crippen molar-refractivity contribution < 1.29 is 18.0 Å². The predicted molar refractivity (Wildman–Crippen MR) is 109 cm³/mol. The van der Waals surface area contributed by atoms with Crippen LogP contribution in [0, 0.1) is 5.92 Å². The summed E-state index contributed by atoms with van der Waals surface area (Å²) in [5, 5.41) is 2.81. The molecule has 7 nitrogen and oxygen atoms in total. The van der Waals surface area contributed by atoms with E-state index in [1.807, 2.05) is 0 Å². The van der Waals surface area contributed by atoms with E-state index in [0.29, 0.717) is 43.3 Å². The van der Waals surface area contributed by atoms with Gasteiger partial charge >= 0.3 is 6.18 Å². The molecule has 1 aliphatic heterocycles. The summed E-state index contributed by atoms with van der Waals surface area (Å²) in [5.74, 6) is 0.638. The highest BCUT2D eigenvalue weighted by molar-refractivity contribution is 6.33. The maximum atomic E-state index is 12.8. The third-order valence-electron chi connectivity index (χ3n) is 5.10. The van der Waals surface area contributed by atoms with Crippen LogP contribution in [0.3, 0.4) is 0 Å².